The van der Waals surface area contributed by atoms with Gasteiger partial charge in [0.05, 0.1) is 12.8 Å². The summed E-state index contributed by atoms with van der Waals surface area (Å²) in [6, 6.07) is 14.2. The van der Waals surface area contributed by atoms with Gasteiger partial charge in [-0.2, -0.15) is 0 Å². The number of carbonyl (C=O) groups excluding carboxylic acids is 1. The molecule has 0 atom stereocenters. The van der Waals surface area contributed by atoms with E-state index in [9.17, 15) is 10.0 Å². The van der Waals surface area contributed by atoms with Crippen molar-refractivity contribution in [1.29, 1.82) is 0 Å². The van der Waals surface area contributed by atoms with Gasteiger partial charge in [0.25, 0.3) is 5.91 Å². The Morgan fingerprint density at radius 3 is 2.32 bits per heavy atom. The summed E-state index contributed by atoms with van der Waals surface area (Å²) in [5.74, 6) is 0.462. The van der Waals surface area contributed by atoms with Crippen molar-refractivity contribution in [2.24, 2.45) is 5.16 Å². The van der Waals surface area contributed by atoms with Crippen molar-refractivity contribution < 1.29 is 14.7 Å². The number of oxime groups is 1. The van der Waals surface area contributed by atoms with E-state index in [-0.39, 0.29) is 5.91 Å². The van der Waals surface area contributed by atoms with Crippen LogP contribution in [0.1, 0.15) is 22.3 Å². The van der Waals surface area contributed by atoms with Gasteiger partial charge < -0.3 is 20.2 Å². The molecular weight excluding hydrogens is 318 g/mol. The second-order valence-electron chi connectivity index (χ2n) is 5.83. The molecule has 2 aromatic rings. The number of nitrogens with one attached hydrogen (secondary N) is 1. The zero-order valence-electron chi connectivity index (χ0n) is 14.7. The number of anilines is 1. The lowest BCUT2D eigenvalue weighted by Gasteiger charge is -2.14. The zero-order chi connectivity index (χ0) is 18.2. The highest BCUT2D eigenvalue weighted by Gasteiger charge is 2.16. The summed E-state index contributed by atoms with van der Waals surface area (Å²) in [5.41, 5.74) is 2.23. The maximum atomic E-state index is 12.7. The van der Waals surface area contributed by atoms with Crippen molar-refractivity contribution in [3.8, 4) is 5.75 Å². The van der Waals surface area contributed by atoms with E-state index in [0.29, 0.717) is 35.5 Å². The van der Waals surface area contributed by atoms with E-state index in [0.717, 1.165) is 5.75 Å². The molecular formula is C19H23N3O3. The molecule has 6 nitrogen and oxygen atoms in total. The Balaban J connectivity index is 2.21. The lowest BCUT2D eigenvalue weighted by molar-refractivity contribution is 0.102. The smallest absolute Gasteiger partial charge is 0.256 e. The quantitative estimate of drug-likeness (QED) is 0.461. The molecule has 6 heteroatoms. The average molecular weight is 341 g/mol. The van der Waals surface area contributed by atoms with Crippen LogP contribution < -0.4 is 10.1 Å². The van der Waals surface area contributed by atoms with Crippen molar-refractivity contribution >= 4 is 17.3 Å². The predicted octanol–water partition coefficient (Wildman–Crippen LogP) is 3.08. The largest absolute Gasteiger partial charge is 0.497 e. The molecule has 2 N–H and O–H groups in total. The highest BCUT2D eigenvalue weighted by molar-refractivity contribution is 6.14. The van der Waals surface area contributed by atoms with E-state index in [2.05, 4.69) is 10.5 Å². The van der Waals surface area contributed by atoms with Crippen LogP contribution in [0.4, 0.5) is 5.69 Å². The molecule has 2 rings (SSSR count). The molecule has 0 aliphatic rings. The summed E-state index contributed by atoms with van der Waals surface area (Å²) in [4.78, 5) is 14.6. The summed E-state index contributed by atoms with van der Waals surface area (Å²) in [7, 11) is 5.47. The Hall–Kier alpha value is -2.86. The fraction of sp³-hybridized carbons (Fsp3) is 0.263. The number of rotatable bonds is 7. The maximum absolute atomic E-state index is 12.7. The summed E-state index contributed by atoms with van der Waals surface area (Å²) in [5, 5.41) is 15.6. The number of methoxy groups -OCH3 is 1. The first-order chi connectivity index (χ1) is 12.0. The van der Waals surface area contributed by atoms with Gasteiger partial charge in [-0.1, -0.05) is 23.4 Å². The number of carbonyl (C=O) groups is 1. The monoisotopic (exact) mass is 341 g/mol. The SMILES string of the molecule is COc1ccc(NC(=O)c2ccccc2C(CCN(C)C)=NO)cc1. The zero-order valence-corrected chi connectivity index (χ0v) is 14.7. The van der Waals surface area contributed by atoms with Crippen molar-refractivity contribution in [2.45, 2.75) is 6.42 Å². The van der Waals surface area contributed by atoms with Crippen molar-refractivity contribution in [1.82, 2.24) is 4.90 Å². The number of ether oxygens (including phenoxy) is 1. The van der Waals surface area contributed by atoms with E-state index in [4.69, 9.17) is 4.74 Å². The third-order valence-corrected chi connectivity index (χ3v) is 3.75. The predicted molar refractivity (Wildman–Crippen MR) is 98.9 cm³/mol. The summed E-state index contributed by atoms with van der Waals surface area (Å²) < 4.78 is 5.11. The molecule has 0 aromatic heterocycles. The molecule has 2 aromatic carbocycles. The van der Waals surface area contributed by atoms with E-state index < -0.39 is 0 Å². The molecule has 0 aliphatic heterocycles. The average Bonchev–Trinajstić information content (AvgIpc) is 2.63. The van der Waals surface area contributed by atoms with Gasteiger partial charge in [-0.05, 0) is 44.4 Å². The molecule has 0 fully saturated rings. The van der Waals surface area contributed by atoms with E-state index >= 15 is 0 Å². The Kier molecular flexibility index (Phi) is 6.54. The second kappa shape index (κ2) is 8.84. The topological polar surface area (TPSA) is 74.2 Å². The van der Waals surface area contributed by atoms with Crippen LogP contribution in [0.3, 0.4) is 0 Å². The minimum absolute atomic E-state index is 0.258. The van der Waals surface area contributed by atoms with E-state index in [1.807, 2.05) is 25.1 Å². The van der Waals surface area contributed by atoms with Crippen LogP contribution in [0.2, 0.25) is 0 Å². The normalized spacial score (nSPS) is 11.4. The van der Waals surface area contributed by atoms with Gasteiger partial charge in [0.1, 0.15) is 5.75 Å². The van der Waals surface area contributed by atoms with Gasteiger partial charge in [0, 0.05) is 29.8 Å². The molecule has 0 unspecified atom stereocenters. The van der Waals surface area contributed by atoms with Crippen LogP contribution in [0.5, 0.6) is 5.75 Å². The molecule has 0 saturated carbocycles. The maximum Gasteiger partial charge on any atom is 0.256 e. The van der Waals surface area contributed by atoms with Crippen molar-refractivity contribution in [2.75, 3.05) is 33.1 Å². The molecule has 0 spiro atoms. The van der Waals surface area contributed by atoms with Crippen molar-refractivity contribution in [3.63, 3.8) is 0 Å². The lowest BCUT2D eigenvalue weighted by Crippen LogP contribution is -2.20. The van der Waals surface area contributed by atoms with Crippen LogP contribution in [-0.4, -0.2) is 49.5 Å². The standard InChI is InChI=1S/C19H23N3O3/c1-22(2)13-12-18(21-24)16-6-4-5-7-17(16)19(23)20-14-8-10-15(25-3)11-9-14/h4-11,24H,12-13H2,1-3H3,(H,20,23). The van der Waals surface area contributed by atoms with Crippen LogP contribution in [-0.2, 0) is 0 Å². The number of benzene rings is 2. The Bertz CT molecular complexity index is 740. The summed E-state index contributed by atoms with van der Waals surface area (Å²) in [6.07, 6.45) is 0.538. The fourth-order valence-corrected chi connectivity index (χ4v) is 2.37. The summed E-state index contributed by atoms with van der Waals surface area (Å²) in [6.45, 7) is 0.716. The van der Waals surface area contributed by atoms with Crippen LogP contribution in [0.15, 0.2) is 53.7 Å². The molecule has 1 amide bonds. The Morgan fingerprint density at radius 1 is 1.12 bits per heavy atom. The molecule has 132 valence electrons. The summed E-state index contributed by atoms with van der Waals surface area (Å²) >= 11 is 0. The molecule has 0 radical (unpaired) electrons. The first-order valence-electron chi connectivity index (χ1n) is 7.95. The molecule has 0 saturated heterocycles. The van der Waals surface area contributed by atoms with Gasteiger partial charge in [-0.15, -0.1) is 0 Å². The molecule has 0 heterocycles. The number of hydrogen-bond donors (Lipinski definition) is 2. The van der Waals surface area contributed by atoms with Crippen LogP contribution in [0, 0.1) is 0 Å². The van der Waals surface area contributed by atoms with Gasteiger partial charge in [0.2, 0.25) is 0 Å². The molecule has 0 bridgehead atoms. The van der Waals surface area contributed by atoms with Crippen molar-refractivity contribution in [3.05, 3.63) is 59.7 Å². The Morgan fingerprint density at radius 2 is 1.76 bits per heavy atom. The number of amides is 1. The van der Waals surface area contributed by atoms with Gasteiger partial charge in [0.15, 0.2) is 0 Å². The van der Waals surface area contributed by atoms with Gasteiger partial charge >= 0.3 is 0 Å². The first-order valence-corrected chi connectivity index (χ1v) is 7.95. The number of nitrogens with zero attached hydrogens (tertiary/aromatic N) is 2. The lowest BCUT2D eigenvalue weighted by atomic mass is 10.00. The van der Waals surface area contributed by atoms with Crippen LogP contribution in [0.25, 0.3) is 0 Å². The fourth-order valence-electron chi connectivity index (χ4n) is 2.37. The van der Waals surface area contributed by atoms with Gasteiger partial charge in [-0.3, -0.25) is 4.79 Å². The third kappa shape index (κ3) is 5.06. The van der Waals surface area contributed by atoms with Gasteiger partial charge in [-0.25, -0.2) is 0 Å². The molecule has 0 aliphatic carbocycles. The minimum Gasteiger partial charge on any atom is -0.497 e. The van der Waals surface area contributed by atoms with E-state index in [1.54, 1.807) is 49.6 Å². The highest BCUT2D eigenvalue weighted by atomic mass is 16.5. The van der Waals surface area contributed by atoms with E-state index in [1.165, 1.54) is 0 Å². The minimum atomic E-state index is -0.258. The van der Waals surface area contributed by atoms with Crippen LogP contribution >= 0.6 is 0 Å². The second-order valence-corrected chi connectivity index (χ2v) is 5.83. The highest BCUT2D eigenvalue weighted by Crippen LogP contribution is 2.18. The number of hydrogen-bond acceptors (Lipinski definition) is 5. The molecule has 25 heavy (non-hydrogen) atoms. The first kappa shape index (κ1) is 18.5. The Labute approximate surface area is 147 Å². The third-order valence-electron chi connectivity index (χ3n) is 3.75.